The predicted octanol–water partition coefficient (Wildman–Crippen LogP) is 3.81. The Balaban J connectivity index is 2.31. The fourth-order valence-electron chi connectivity index (χ4n) is 1.85. The zero-order valence-corrected chi connectivity index (χ0v) is 12.2. The lowest BCUT2D eigenvalue weighted by Gasteiger charge is -2.11. The van der Waals surface area contributed by atoms with Crippen LogP contribution in [0.15, 0.2) is 30.3 Å². The van der Waals surface area contributed by atoms with Gasteiger partial charge in [-0.05, 0) is 31.2 Å². The van der Waals surface area contributed by atoms with Gasteiger partial charge >= 0.3 is 6.18 Å². The number of benzene rings is 1. The highest BCUT2D eigenvalue weighted by molar-refractivity contribution is 6.04. The Morgan fingerprint density at radius 3 is 2.48 bits per heavy atom. The highest BCUT2D eigenvalue weighted by Crippen LogP contribution is 2.30. The Hall–Kier alpha value is -2.64. The number of ether oxygens (including phenoxy) is 1. The van der Waals surface area contributed by atoms with Crippen molar-refractivity contribution in [1.29, 1.82) is 0 Å². The number of aryl methyl sites for hydroxylation is 1. The number of carbonyl (C=O) groups is 1. The third kappa shape index (κ3) is 3.77. The number of nitrogens with one attached hydrogen (secondary N) is 1. The molecule has 122 valence electrons. The topological polar surface area (TPSA) is 51.2 Å². The molecule has 0 bridgehead atoms. The zero-order chi connectivity index (χ0) is 17.2. The summed E-state index contributed by atoms with van der Waals surface area (Å²) >= 11 is 0. The number of methoxy groups -OCH3 is 1. The van der Waals surface area contributed by atoms with Crippen LogP contribution in [0.2, 0.25) is 0 Å². The summed E-state index contributed by atoms with van der Waals surface area (Å²) in [6.45, 7) is 1.57. The van der Waals surface area contributed by atoms with Crippen LogP contribution in [-0.2, 0) is 6.18 Å². The molecule has 0 radical (unpaired) electrons. The molecule has 0 atom stereocenters. The first kappa shape index (κ1) is 16.7. The van der Waals surface area contributed by atoms with Crippen molar-refractivity contribution in [2.75, 3.05) is 12.4 Å². The van der Waals surface area contributed by atoms with Crippen LogP contribution in [0.1, 0.15) is 21.6 Å². The molecule has 8 heteroatoms. The van der Waals surface area contributed by atoms with Crippen LogP contribution in [0, 0.1) is 12.7 Å². The van der Waals surface area contributed by atoms with Crippen LogP contribution < -0.4 is 10.1 Å². The molecule has 1 amide bonds. The highest BCUT2D eigenvalue weighted by atomic mass is 19.4. The molecule has 0 unspecified atom stereocenters. The maximum atomic E-state index is 13.7. The van der Waals surface area contributed by atoms with Gasteiger partial charge in [0.15, 0.2) is 0 Å². The minimum Gasteiger partial charge on any atom is -0.481 e. The maximum absolute atomic E-state index is 13.7. The van der Waals surface area contributed by atoms with Gasteiger partial charge in [-0.25, -0.2) is 9.37 Å². The molecule has 1 N–H and O–H groups in total. The first-order valence-electron chi connectivity index (χ1n) is 6.42. The average Bonchev–Trinajstić information content (AvgIpc) is 2.48. The van der Waals surface area contributed by atoms with Crippen molar-refractivity contribution in [1.82, 2.24) is 4.98 Å². The van der Waals surface area contributed by atoms with Gasteiger partial charge in [0.25, 0.3) is 5.91 Å². The molecular formula is C15H12F4N2O2. The van der Waals surface area contributed by atoms with Gasteiger partial charge in [0.2, 0.25) is 5.88 Å². The van der Waals surface area contributed by atoms with E-state index < -0.39 is 29.0 Å². The summed E-state index contributed by atoms with van der Waals surface area (Å²) in [4.78, 5) is 16.1. The fourth-order valence-corrected chi connectivity index (χ4v) is 1.85. The number of carbonyl (C=O) groups excluding carboxylic acids is 1. The van der Waals surface area contributed by atoms with Crippen LogP contribution >= 0.6 is 0 Å². The van der Waals surface area contributed by atoms with Crippen molar-refractivity contribution in [3.8, 4) is 5.88 Å². The molecule has 0 saturated carbocycles. The molecule has 0 fully saturated rings. The number of amides is 1. The molecule has 0 spiro atoms. The molecule has 1 heterocycles. The van der Waals surface area contributed by atoms with Crippen molar-refractivity contribution in [2.45, 2.75) is 13.1 Å². The molecule has 0 saturated heterocycles. The second-order valence-corrected chi connectivity index (χ2v) is 4.63. The number of halogens is 4. The number of hydrogen-bond acceptors (Lipinski definition) is 3. The second-order valence-electron chi connectivity index (χ2n) is 4.63. The molecular weight excluding hydrogens is 316 g/mol. The first-order chi connectivity index (χ1) is 10.7. The van der Waals surface area contributed by atoms with E-state index in [-0.39, 0.29) is 5.69 Å². The number of anilines is 1. The van der Waals surface area contributed by atoms with Crippen LogP contribution in [0.3, 0.4) is 0 Å². The smallest absolute Gasteiger partial charge is 0.416 e. The molecule has 0 aliphatic carbocycles. The normalized spacial score (nSPS) is 11.2. The fraction of sp³-hybridized carbons (Fsp3) is 0.200. The van der Waals surface area contributed by atoms with Gasteiger partial charge in [0.05, 0.1) is 29.6 Å². The molecule has 23 heavy (non-hydrogen) atoms. The lowest BCUT2D eigenvalue weighted by Crippen LogP contribution is -2.16. The summed E-state index contributed by atoms with van der Waals surface area (Å²) in [5.41, 5.74) is -1.18. The van der Waals surface area contributed by atoms with Gasteiger partial charge in [0.1, 0.15) is 5.82 Å². The van der Waals surface area contributed by atoms with E-state index in [1.807, 2.05) is 0 Å². The number of nitrogens with zero attached hydrogens (tertiary/aromatic N) is 1. The standard InChI is InChI=1S/C15H12F4N2O2/c1-8-12(5-6-13(20-8)23-2)21-14(22)10-7-9(15(17,18)19)3-4-11(10)16/h3-7H,1-2H3,(H,21,22). The van der Waals surface area contributed by atoms with E-state index in [1.54, 1.807) is 6.92 Å². The van der Waals surface area contributed by atoms with Gasteiger partial charge in [-0.2, -0.15) is 13.2 Å². The summed E-state index contributed by atoms with van der Waals surface area (Å²) in [7, 11) is 1.41. The van der Waals surface area contributed by atoms with Gasteiger partial charge in [-0.15, -0.1) is 0 Å². The monoisotopic (exact) mass is 328 g/mol. The Bertz CT molecular complexity index is 745. The summed E-state index contributed by atoms with van der Waals surface area (Å²) in [6, 6.07) is 4.58. The lowest BCUT2D eigenvalue weighted by molar-refractivity contribution is -0.137. The van der Waals surface area contributed by atoms with E-state index in [2.05, 4.69) is 10.3 Å². The summed E-state index contributed by atoms with van der Waals surface area (Å²) in [5.74, 6) is -1.73. The van der Waals surface area contributed by atoms with E-state index in [9.17, 15) is 22.4 Å². The number of pyridine rings is 1. The Labute approximate surface area is 129 Å². The minimum atomic E-state index is -4.67. The number of hydrogen-bond donors (Lipinski definition) is 1. The zero-order valence-electron chi connectivity index (χ0n) is 12.2. The molecule has 2 rings (SSSR count). The Morgan fingerprint density at radius 2 is 1.91 bits per heavy atom. The van der Waals surface area contributed by atoms with E-state index >= 15 is 0 Å². The first-order valence-corrected chi connectivity index (χ1v) is 6.42. The maximum Gasteiger partial charge on any atom is 0.416 e. The third-order valence-electron chi connectivity index (χ3n) is 3.06. The molecule has 0 aliphatic heterocycles. The number of aromatic nitrogens is 1. The molecule has 1 aromatic carbocycles. The highest BCUT2D eigenvalue weighted by Gasteiger charge is 2.32. The minimum absolute atomic E-state index is 0.243. The van der Waals surface area contributed by atoms with Gasteiger partial charge in [0, 0.05) is 6.07 Å². The quantitative estimate of drug-likeness (QED) is 0.872. The van der Waals surface area contributed by atoms with E-state index in [0.29, 0.717) is 29.8 Å². The SMILES string of the molecule is COc1ccc(NC(=O)c2cc(C(F)(F)F)ccc2F)c(C)n1. The number of alkyl halides is 3. The Morgan fingerprint density at radius 1 is 1.22 bits per heavy atom. The largest absolute Gasteiger partial charge is 0.481 e. The predicted molar refractivity (Wildman–Crippen MR) is 74.9 cm³/mol. The van der Waals surface area contributed by atoms with Crippen molar-refractivity contribution in [3.63, 3.8) is 0 Å². The Kier molecular flexibility index (Phi) is 4.53. The van der Waals surface area contributed by atoms with E-state index in [1.165, 1.54) is 19.2 Å². The van der Waals surface area contributed by atoms with Crippen molar-refractivity contribution in [3.05, 3.63) is 53.0 Å². The molecule has 1 aromatic heterocycles. The van der Waals surface area contributed by atoms with Crippen LogP contribution in [-0.4, -0.2) is 18.0 Å². The van der Waals surface area contributed by atoms with Crippen LogP contribution in [0.4, 0.5) is 23.2 Å². The summed E-state index contributed by atoms with van der Waals surface area (Å²) < 4.78 is 56.5. The van der Waals surface area contributed by atoms with Gasteiger partial charge in [-0.1, -0.05) is 0 Å². The van der Waals surface area contributed by atoms with E-state index in [4.69, 9.17) is 4.74 Å². The summed E-state index contributed by atoms with van der Waals surface area (Å²) in [6.07, 6.45) is -4.67. The number of rotatable bonds is 3. The van der Waals surface area contributed by atoms with E-state index in [0.717, 1.165) is 0 Å². The average molecular weight is 328 g/mol. The van der Waals surface area contributed by atoms with Gasteiger partial charge < -0.3 is 10.1 Å². The molecule has 2 aromatic rings. The van der Waals surface area contributed by atoms with Crippen molar-refractivity contribution < 1.29 is 27.1 Å². The third-order valence-corrected chi connectivity index (χ3v) is 3.06. The van der Waals surface area contributed by atoms with Gasteiger partial charge in [-0.3, -0.25) is 4.79 Å². The van der Waals surface area contributed by atoms with Crippen molar-refractivity contribution in [2.24, 2.45) is 0 Å². The molecule has 4 nitrogen and oxygen atoms in total. The van der Waals surface area contributed by atoms with Crippen LogP contribution in [0.25, 0.3) is 0 Å². The second kappa shape index (κ2) is 6.23. The summed E-state index contributed by atoms with van der Waals surface area (Å²) in [5, 5.41) is 2.33. The lowest BCUT2D eigenvalue weighted by atomic mass is 10.1. The van der Waals surface area contributed by atoms with Crippen LogP contribution in [0.5, 0.6) is 5.88 Å². The molecule has 0 aliphatic rings. The van der Waals surface area contributed by atoms with Crippen molar-refractivity contribution >= 4 is 11.6 Å².